The van der Waals surface area contributed by atoms with Crippen LogP contribution in [0, 0.1) is 17.5 Å². The van der Waals surface area contributed by atoms with Gasteiger partial charge in [-0.15, -0.1) is 0 Å². The minimum Gasteiger partial charge on any atom is -0.494 e. The summed E-state index contributed by atoms with van der Waals surface area (Å²) >= 11 is 0. The van der Waals surface area contributed by atoms with Gasteiger partial charge in [0.15, 0.2) is 17.5 Å². The summed E-state index contributed by atoms with van der Waals surface area (Å²) < 4.78 is 45.9. The summed E-state index contributed by atoms with van der Waals surface area (Å²) in [7, 11) is 0. The van der Waals surface area contributed by atoms with Crippen LogP contribution in [0.4, 0.5) is 13.2 Å². The average molecular weight is 378 g/mol. The SMILES string of the molecule is CCOc1ccccc1CN1CCN(C(=O)c2ccc(F)c(F)c2F)CC1. The molecule has 0 aliphatic carbocycles. The third kappa shape index (κ3) is 4.24. The van der Waals surface area contributed by atoms with Crippen LogP contribution < -0.4 is 4.74 Å². The number of nitrogens with zero attached hydrogens (tertiary/aromatic N) is 2. The fourth-order valence-electron chi connectivity index (χ4n) is 3.14. The van der Waals surface area contributed by atoms with Crippen LogP contribution in [0.3, 0.4) is 0 Å². The number of carbonyl (C=O) groups excluding carboxylic acids is 1. The van der Waals surface area contributed by atoms with E-state index in [-0.39, 0.29) is 0 Å². The molecule has 1 aliphatic heterocycles. The molecule has 1 saturated heterocycles. The number of hydrogen-bond acceptors (Lipinski definition) is 3. The van der Waals surface area contributed by atoms with E-state index in [1.54, 1.807) is 0 Å². The first kappa shape index (κ1) is 19.2. The zero-order chi connectivity index (χ0) is 19.4. The molecule has 0 radical (unpaired) electrons. The van der Waals surface area contributed by atoms with Gasteiger partial charge in [0.25, 0.3) is 5.91 Å². The molecule has 0 N–H and O–H groups in total. The van der Waals surface area contributed by atoms with Crippen LogP contribution in [0.25, 0.3) is 0 Å². The van der Waals surface area contributed by atoms with Gasteiger partial charge in [-0.3, -0.25) is 9.69 Å². The second kappa shape index (κ2) is 8.43. The highest BCUT2D eigenvalue weighted by molar-refractivity contribution is 5.94. The quantitative estimate of drug-likeness (QED) is 0.747. The molecule has 0 bridgehead atoms. The molecule has 0 atom stereocenters. The molecule has 2 aromatic carbocycles. The minimum absolute atomic E-state index is 0.383. The van der Waals surface area contributed by atoms with Gasteiger partial charge in [0, 0.05) is 38.3 Å². The third-order valence-corrected chi connectivity index (χ3v) is 4.59. The fraction of sp³-hybridized carbons (Fsp3) is 0.350. The van der Waals surface area contributed by atoms with Crippen LogP contribution in [-0.4, -0.2) is 48.5 Å². The van der Waals surface area contributed by atoms with E-state index in [1.807, 2.05) is 31.2 Å². The Morgan fingerprint density at radius 3 is 2.41 bits per heavy atom. The van der Waals surface area contributed by atoms with Gasteiger partial charge >= 0.3 is 0 Å². The Morgan fingerprint density at radius 2 is 1.70 bits per heavy atom. The molecular weight excluding hydrogens is 357 g/mol. The largest absolute Gasteiger partial charge is 0.494 e. The van der Waals surface area contributed by atoms with Crippen LogP contribution in [0.15, 0.2) is 36.4 Å². The molecule has 3 rings (SSSR count). The van der Waals surface area contributed by atoms with Gasteiger partial charge in [0.1, 0.15) is 5.75 Å². The molecule has 1 heterocycles. The number of benzene rings is 2. The summed E-state index contributed by atoms with van der Waals surface area (Å²) in [6.07, 6.45) is 0. The van der Waals surface area contributed by atoms with Crippen molar-refractivity contribution in [2.45, 2.75) is 13.5 Å². The average Bonchev–Trinajstić information content (AvgIpc) is 2.68. The van der Waals surface area contributed by atoms with Crippen molar-refractivity contribution in [3.8, 4) is 5.75 Å². The van der Waals surface area contributed by atoms with Crippen molar-refractivity contribution in [1.82, 2.24) is 9.80 Å². The van der Waals surface area contributed by atoms with E-state index >= 15 is 0 Å². The normalized spacial score (nSPS) is 15.0. The van der Waals surface area contributed by atoms with Crippen molar-refractivity contribution in [2.75, 3.05) is 32.8 Å². The zero-order valence-electron chi connectivity index (χ0n) is 15.1. The molecule has 1 fully saturated rings. The van der Waals surface area contributed by atoms with E-state index in [9.17, 15) is 18.0 Å². The number of rotatable bonds is 5. The number of piperazine rings is 1. The first-order valence-electron chi connectivity index (χ1n) is 8.87. The summed E-state index contributed by atoms with van der Waals surface area (Å²) in [6, 6.07) is 9.54. The molecule has 7 heteroatoms. The second-order valence-corrected chi connectivity index (χ2v) is 6.33. The number of hydrogen-bond donors (Lipinski definition) is 0. The van der Waals surface area contributed by atoms with E-state index in [0.717, 1.165) is 23.4 Å². The van der Waals surface area contributed by atoms with Crippen molar-refractivity contribution in [2.24, 2.45) is 0 Å². The molecule has 1 amide bonds. The molecule has 0 spiro atoms. The van der Waals surface area contributed by atoms with Crippen LogP contribution in [-0.2, 0) is 6.54 Å². The predicted octanol–water partition coefficient (Wildman–Crippen LogP) is 3.46. The van der Waals surface area contributed by atoms with Gasteiger partial charge in [-0.25, -0.2) is 13.2 Å². The Bertz CT molecular complexity index is 821. The van der Waals surface area contributed by atoms with Crippen molar-refractivity contribution < 1.29 is 22.7 Å². The van der Waals surface area contributed by atoms with Crippen LogP contribution in [0.1, 0.15) is 22.8 Å². The monoisotopic (exact) mass is 378 g/mol. The summed E-state index contributed by atoms with van der Waals surface area (Å²) in [5.41, 5.74) is 0.620. The fourth-order valence-corrected chi connectivity index (χ4v) is 3.14. The number of para-hydroxylation sites is 1. The highest BCUT2D eigenvalue weighted by Crippen LogP contribution is 2.22. The summed E-state index contributed by atoms with van der Waals surface area (Å²) in [5, 5.41) is 0. The molecule has 1 aliphatic rings. The zero-order valence-corrected chi connectivity index (χ0v) is 15.1. The van der Waals surface area contributed by atoms with Gasteiger partial charge in [0.05, 0.1) is 12.2 Å². The topological polar surface area (TPSA) is 32.8 Å². The summed E-state index contributed by atoms with van der Waals surface area (Å²) in [4.78, 5) is 16.1. The lowest BCUT2D eigenvalue weighted by molar-refractivity contribution is 0.0621. The van der Waals surface area contributed by atoms with Gasteiger partial charge in [-0.05, 0) is 25.1 Å². The number of carbonyl (C=O) groups is 1. The van der Waals surface area contributed by atoms with Crippen molar-refractivity contribution >= 4 is 5.91 Å². The Balaban J connectivity index is 1.62. The van der Waals surface area contributed by atoms with Crippen molar-refractivity contribution in [3.63, 3.8) is 0 Å². The van der Waals surface area contributed by atoms with E-state index in [0.29, 0.717) is 39.3 Å². The molecule has 27 heavy (non-hydrogen) atoms. The van der Waals surface area contributed by atoms with Crippen LogP contribution >= 0.6 is 0 Å². The Labute approximate surface area is 156 Å². The van der Waals surface area contributed by atoms with E-state index < -0.39 is 28.9 Å². The molecule has 0 unspecified atom stereocenters. The molecule has 0 saturated carbocycles. The highest BCUT2D eigenvalue weighted by Gasteiger charge is 2.26. The Morgan fingerprint density at radius 1 is 1.00 bits per heavy atom. The smallest absolute Gasteiger partial charge is 0.257 e. The first-order valence-corrected chi connectivity index (χ1v) is 8.87. The number of amides is 1. The lowest BCUT2D eigenvalue weighted by Crippen LogP contribution is -2.48. The van der Waals surface area contributed by atoms with Gasteiger partial charge in [-0.2, -0.15) is 0 Å². The molecule has 4 nitrogen and oxygen atoms in total. The summed E-state index contributed by atoms with van der Waals surface area (Å²) in [5.74, 6) is -4.15. The van der Waals surface area contributed by atoms with Gasteiger partial charge in [-0.1, -0.05) is 18.2 Å². The Kier molecular flexibility index (Phi) is 6.01. The minimum atomic E-state index is -1.62. The Hall–Kier alpha value is -2.54. The van der Waals surface area contributed by atoms with Crippen molar-refractivity contribution in [1.29, 1.82) is 0 Å². The van der Waals surface area contributed by atoms with Gasteiger partial charge < -0.3 is 9.64 Å². The predicted molar refractivity (Wildman–Crippen MR) is 95.1 cm³/mol. The van der Waals surface area contributed by atoms with E-state index in [4.69, 9.17) is 4.74 Å². The van der Waals surface area contributed by atoms with Crippen LogP contribution in [0.2, 0.25) is 0 Å². The van der Waals surface area contributed by atoms with E-state index in [2.05, 4.69) is 4.90 Å². The molecular formula is C20H21F3N2O2. The van der Waals surface area contributed by atoms with Crippen LogP contribution in [0.5, 0.6) is 5.75 Å². The maximum Gasteiger partial charge on any atom is 0.257 e. The van der Waals surface area contributed by atoms with Gasteiger partial charge in [0.2, 0.25) is 0 Å². The number of ether oxygens (including phenoxy) is 1. The third-order valence-electron chi connectivity index (χ3n) is 4.59. The standard InChI is InChI=1S/C20H21F3N2O2/c1-2-27-17-6-4-3-5-14(17)13-24-9-11-25(12-10-24)20(26)15-7-8-16(21)19(23)18(15)22/h3-8H,2,9-13H2,1H3. The first-order chi connectivity index (χ1) is 13.0. The lowest BCUT2D eigenvalue weighted by atomic mass is 10.1. The maximum atomic E-state index is 13.9. The summed E-state index contributed by atoms with van der Waals surface area (Å²) in [6.45, 7) is 5.15. The lowest BCUT2D eigenvalue weighted by Gasteiger charge is -2.35. The molecule has 0 aromatic heterocycles. The van der Waals surface area contributed by atoms with E-state index in [1.165, 1.54) is 4.90 Å². The highest BCUT2D eigenvalue weighted by atomic mass is 19.2. The van der Waals surface area contributed by atoms with Crippen molar-refractivity contribution in [3.05, 3.63) is 65.0 Å². The maximum absolute atomic E-state index is 13.9. The number of halogens is 3. The second-order valence-electron chi connectivity index (χ2n) is 6.33. The molecule has 2 aromatic rings. The molecule has 144 valence electrons.